The second kappa shape index (κ2) is 4.36. The van der Waals surface area contributed by atoms with Crippen molar-refractivity contribution in [3.05, 3.63) is 23.8 Å². The van der Waals surface area contributed by atoms with Gasteiger partial charge in [-0.15, -0.1) is 0 Å². The van der Waals surface area contributed by atoms with E-state index in [2.05, 4.69) is 43.9 Å². The first-order chi connectivity index (χ1) is 7.58. The van der Waals surface area contributed by atoms with Gasteiger partial charge in [-0.1, -0.05) is 19.9 Å². The van der Waals surface area contributed by atoms with E-state index in [1.165, 1.54) is 30.8 Å². The van der Waals surface area contributed by atoms with Crippen molar-refractivity contribution in [1.82, 2.24) is 0 Å². The van der Waals surface area contributed by atoms with Crippen LogP contribution in [-0.2, 0) is 0 Å². The molecule has 1 heterocycles. The van der Waals surface area contributed by atoms with Gasteiger partial charge in [-0.05, 0) is 42.9 Å². The minimum Gasteiger partial charge on any atom is -0.398 e. The summed E-state index contributed by atoms with van der Waals surface area (Å²) in [5.74, 6) is 1.62. The van der Waals surface area contributed by atoms with E-state index in [9.17, 15) is 0 Å². The predicted octanol–water partition coefficient (Wildman–Crippen LogP) is 3.06. The van der Waals surface area contributed by atoms with E-state index in [1.807, 2.05) is 0 Å². The monoisotopic (exact) mass is 218 g/mol. The molecule has 88 valence electrons. The predicted molar refractivity (Wildman–Crippen MR) is 70.7 cm³/mol. The lowest BCUT2D eigenvalue weighted by Gasteiger charge is -2.20. The molecule has 1 aromatic rings. The zero-order valence-electron chi connectivity index (χ0n) is 10.5. The molecule has 1 fully saturated rings. The fourth-order valence-electron chi connectivity index (χ4n) is 2.39. The van der Waals surface area contributed by atoms with Gasteiger partial charge in [0.05, 0.1) is 0 Å². The molecule has 0 spiro atoms. The Morgan fingerprint density at radius 3 is 2.69 bits per heavy atom. The molecule has 0 aliphatic carbocycles. The van der Waals surface area contributed by atoms with E-state index < -0.39 is 0 Å². The number of anilines is 2. The normalized spacial score (nSPS) is 20.8. The summed E-state index contributed by atoms with van der Waals surface area (Å²) in [7, 11) is 0. The molecule has 0 aromatic heterocycles. The molecule has 1 aliphatic heterocycles. The van der Waals surface area contributed by atoms with Crippen molar-refractivity contribution in [1.29, 1.82) is 0 Å². The molecule has 0 amide bonds. The van der Waals surface area contributed by atoms with E-state index in [1.54, 1.807) is 0 Å². The minimum absolute atomic E-state index is 0.785. The van der Waals surface area contributed by atoms with Crippen LogP contribution in [0.3, 0.4) is 0 Å². The van der Waals surface area contributed by atoms with Gasteiger partial charge >= 0.3 is 0 Å². The summed E-state index contributed by atoms with van der Waals surface area (Å²) in [4.78, 5) is 2.46. The lowest BCUT2D eigenvalue weighted by Crippen LogP contribution is -2.21. The van der Waals surface area contributed by atoms with Crippen LogP contribution in [-0.4, -0.2) is 13.1 Å². The highest BCUT2D eigenvalue weighted by molar-refractivity contribution is 5.60. The first-order valence-corrected chi connectivity index (χ1v) is 6.19. The second-order valence-electron chi connectivity index (χ2n) is 5.28. The molecule has 1 atom stereocenters. The van der Waals surface area contributed by atoms with Crippen LogP contribution in [0.25, 0.3) is 0 Å². The van der Waals surface area contributed by atoms with Crippen LogP contribution in [0.15, 0.2) is 18.2 Å². The second-order valence-corrected chi connectivity index (χ2v) is 5.28. The summed E-state index contributed by atoms with van der Waals surface area (Å²) in [5.41, 5.74) is 9.32. The Hall–Kier alpha value is -1.18. The Kier molecular flexibility index (Phi) is 3.08. The summed E-state index contributed by atoms with van der Waals surface area (Å²) in [6.45, 7) is 9.04. The molecular formula is C14H22N2. The first-order valence-electron chi connectivity index (χ1n) is 6.19. The molecule has 1 aromatic carbocycles. The molecular weight excluding hydrogens is 196 g/mol. The topological polar surface area (TPSA) is 29.3 Å². The number of nitrogens with zero attached hydrogens (tertiary/aromatic N) is 1. The van der Waals surface area contributed by atoms with Crippen LogP contribution < -0.4 is 10.6 Å². The summed E-state index contributed by atoms with van der Waals surface area (Å²) >= 11 is 0. The molecule has 2 nitrogen and oxygen atoms in total. The van der Waals surface area contributed by atoms with Crippen molar-refractivity contribution in [3.8, 4) is 0 Å². The van der Waals surface area contributed by atoms with Crippen LogP contribution in [0, 0.1) is 18.8 Å². The van der Waals surface area contributed by atoms with Gasteiger partial charge in [-0.2, -0.15) is 0 Å². The number of hydrogen-bond acceptors (Lipinski definition) is 2. The zero-order valence-corrected chi connectivity index (χ0v) is 10.5. The molecule has 0 bridgehead atoms. The molecule has 2 N–H and O–H groups in total. The number of nitrogens with two attached hydrogens (primary N) is 1. The summed E-state index contributed by atoms with van der Waals surface area (Å²) in [6, 6.07) is 6.42. The Balaban J connectivity index is 2.11. The Bertz CT molecular complexity index is 371. The number of nitrogen functional groups attached to an aromatic ring is 1. The molecule has 2 rings (SSSR count). The maximum atomic E-state index is 5.96. The van der Waals surface area contributed by atoms with Gasteiger partial charge < -0.3 is 10.6 Å². The van der Waals surface area contributed by atoms with Crippen LogP contribution >= 0.6 is 0 Å². The summed E-state index contributed by atoms with van der Waals surface area (Å²) in [6.07, 6.45) is 1.31. The van der Waals surface area contributed by atoms with Crippen molar-refractivity contribution in [2.24, 2.45) is 11.8 Å². The average molecular weight is 218 g/mol. The van der Waals surface area contributed by atoms with Crippen LogP contribution in [0.5, 0.6) is 0 Å². The summed E-state index contributed by atoms with van der Waals surface area (Å²) in [5, 5.41) is 0. The number of hydrogen-bond donors (Lipinski definition) is 1. The highest BCUT2D eigenvalue weighted by Crippen LogP contribution is 2.29. The maximum Gasteiger partial charge on any atom is 0.0387 e. The maximum absolute atomic E-state index is 5.96. The van der Waals surface area contributed by atoms with E-state index >= 15 is 0 Å². The third-order valence-corrected chi connectivity index (χ3v) is 3.80. The first kappa shape index (κ1) is 11.3. The summed E-state index contributed by atoms with van der Waals surface area (Å²) < 4.78 is 0. The van der Waals surface area contributed by atoms with Crippen LogP contribution in [0.4, 0.5) is 11.4 Å². The molecule has 0 saturated carbocycles. The molecule has 16 heavy (non-hydrogen) atoms. The third-order valence-electron chi connectivity index (χ3n) is 3.80. The number of aryl methyl sites for hydroxylation is 1. The zero-order chi connectivity index (χ0) is 11.7. The van der Waals surface area contributed by atoms with E-state index in [0.717, 1.165) is 17.5 Å². The lowest BCUT2D eigenvalue weighted by atomic mass is 9.95. The largest absolute Gasteiger partial charge is 0.398 e. The highest BCUT2D eigenvalue weighted by Gasteiger charge is 2.24. The minimum atomic E-state index is 0.785. The van der Waals surface area contributed by atoms with Gasteiger partial charge in [-0.25, -0.2) is 0 Å². The highest BCUT2D eigenvalue weighted by atomic mass is 15.2. The van der Waals surface area contributed by atoms with Gasteiger partial charge in [0.1, 0.15) is 0 Å². The van der Waals surface area contributed by atoms with Crippen LogP contribution in [0.1, 0.15) is 25.8 Å². The quantitative estimate of drug-likeness (QED) is 0.773. The Morgan fingerprint density at radius 1 is 1.38 bits per heavy atom. The van der Waals surface area contributed by atoms with Crippen molar-refractivity contribution >= 4 is 11.4 Å². The molecule has 2 heteroatoms. The Labute approximate surface area is 98.4 Å². The third kappa shape index (κ3) is 2.16. The van der Waals surface area contributed by atoms with Crippen molar-refractivity contribution in [2.45, 2.75) is 27.2 Å². The SMILES string of the molecule is Cc1ccc(N2CCC(C(C)C)C2)cc1N. The van der Waals surface area contributed by atoms with E-state index in [-0.39, 0.29) is 0 Å². The van der Waals surface area contributed by atoms with Gasteiger partial charge in [0, 0.05) is 24.5 Å². The molecule has 1 aliphatic rings. The number of benzene rings is 1. The van der Waals surface area contributed by atoms with Gasteiger partial charge in [-0.3, -0.25) is 0 Å². The van der Waals surface area contributed by atoms with E-state index in [4.69, 9.17) is 5.73 Å². The van der Waals surface area contributed by atoms with Crippen LogP contribution in [0.2, 0.25) is 0 Å². The van der Waals surface area contributed by atoms with Crippen molar-refractivity contribution in [2.75, 3.05) is 23.7 Å². The smallest absolute Gasteiger partial charge is 0.0387 e. The van der Waals surface area contributed by atoms with Gasteiger partial charge in [0.25, 0.3) is 0 Å². The van der Waals surface area contributed by atoms with Crippen molar-refractivity contribution in [3.63, 3.8) is 0 Å². The Morgan fingerprint density at radius 2 is 2.12 bits per heavy atom. The standard InChI is InChI=1S/C14H22N2/c1-10(2)12-6-7-16(9-12)13-5-4-11(3)14(15)8-13/h4-5,8,10,12H,6-7,9,15H2,1-3H3. The van der Waals surface area contributed by atoms with Gasteiger partial charge in [0.2, 0.25) is 0 Å². The van der Waals surface area contributed by atoms with Crippen molar-refractivity contribution < 1.29 is 0 Å². The van der Waals surface area contributed by atoms with E-state index in [0.29, 0.717) is 0 Å². The molecule has 1 unspecified atom stereocenters. The number of rotatable bonds is 2. The van der Waals surface area contributed by atoms with Gasteiger partial charge in [0.15, 0.2) is 0 Å². The molecule has 0 radical (unpaired) electrons. The fourth-order valence-corrected chi connectivity index (χ4v) is 2.39. The fraction of sp³-hybridized carbons (Fsp3) is 0.571. The molecule has 1 saturated heterocycles. The average Bonchev–Trinajstić information content (AvgIpc) is 2.71. The lowest BCUT2D eigenvalue weighted by molar-refractivity contribution is 0.423.